The fraction of sp³-hybridized carbons (Fsp3) is 0.100. The van der Waals surface area contributed by atoms with Crippen LogP contribution in [0, 0.1) is 0 Å². The molecule has 1 aromatic heterocycles. The lowest BCUT2D eigenvalue weighted by atomic mass is 10.1. The monoisotopic (exact) mass is 449 g/mol. The normalized spacial score (nSPS) is 12.2. The van der Waals surface area contributed by atoms with Crippen molar-refractivity contribution in [2.24, 2.45) is 0 Å². The first-order valence-corrected chi connectivity index (χ1v) is 10.8. The Balaban J connectivity index is 1.79. The van der Waals surface area contributed by atoms with Crippen LogP contribution in [0.15, 0.2) is 71.8 Å². The molecule has 1 heterocycles. The smallest absolute Gasteiger partial charge is 0.263 e. The van der Waals surface area contributed by atoms with Crippen molar-refractivity contribution >= 4 is 44.8 Å². The largest absolute Gasteiger partial charge is 0.344 e. The third kappa shape index (κ3) is 5.26. The molecule has 0 saturated heterocycles. The van der Waals surface area contributed by atoms with Crippen LogP contribution >= 0.6 is 23.2 Å². The van der Waals surface area contributed by atoms with Gasteiger partial charge in [-0.3, -0.25) is 14.5 Å². The number of nitrogens with one attached hydrogen (secondary N) is 2. The van der Waals surface area contributed by atoms with E-state index in [9.17, 15) is 13.2 Å². The summed E-state index contributed by atoms with van der Waals surface area (Å²) in [5.74, 6) is -0.356. The maximum atomic E-state index is 12.7. The first kappa shape index (κ1) is 21.1. The fourth-order valence-electron chi connectivity index (χ4n) is 2.60. The lowest BCUT2D eigenvalue weighted by Gasteiger charge is -2.14. The van der Waals surface area contributed by atoms with Gasteiger partial charge in [0.05, 0.1) is 16.8 Å². The Kier molecular flexibility index (Phi) is 6.42. The topological polar surface area (TPSA) is 88.2 Å². The van der Waals surface area contributed by atoms with E-state index in [0.717, 1.165) is 0 Å². The van der Waals surface area contributed by atoms with Crippen LogP contribution in [-0.4, -0.2) is 19.3 Å². The highest BCUT2D eigenvalue weighted by molar-refractivity contribution is 7.92. The molecule has 9 heteroatoms. The number of hydrogen-bond acceptors (Lipinski definition) is 4. The Morgan fingerprint density at radius 2 is 1.83 bits per heavy atom. The quantitative estimate of drug-likeness (QED) is 0.571. The molecule has 6 nitrogen and oxygen atoms in total. The van der Waals surface area contributed by atoms with Crippen molar-refractivity contribution in [3.05, 3.63) is 88.2 Å². The molecule has 0 fully saturated rings. The Morgan fingerprint density at radius 3 is 2.55 bits per heavy atom. The number of sulfonamides is 1. The zero-order chi connectivity index (χ0) is 21.0. The van der Waals surface area contributed by atoms with E-state index in [-0.39, 0.29) is 32.6 Å². The zero-order valence-electron chi connectivity index (χ0n) is 15.3. The van der Waals surface area contributed by atoms with Crippen molar-refractivity contribution in [1.82, 2.24) is 10.3 Å². The summed E-state index contributed by atoms with van der Waals surface area (Å²) < 4.78 is 27.7. The molecular formula is C20H17Cl2N3O3S. The minimum atomic E-state index is -3.98. The molecule has 2 N–H and O–H groups in total. The van der Waals surface area contributed by atoms with Gasteiger partial charge < -0.3 is 5.32 Å². The molecular weight excluding hydrogens is 433 g/mol. The summed E-state index contributed by atoms with van der Waals surface area (Å²) in [5, 5.41) is 3.12. The van der Waals surface area contributed by atoms with E-state index in [4.69, 9.17) is 23.2 Å². The number of pyridine rings is 1. The van der Waals surface area contributed by atoms with E-state index in [0.29, 0.717) is 11.3 Å². The second kappa shape index (κ2) is 8.82. The number of amides is 1. The molecule has 2 aromatic carbocycles. The van der Waals surface area contributed by atoms with E-state index < -0.39 is 10.0 Å². The first-order chi connectivity index (χ1) is 13.8. The van der Waals surface area contributed by atoms with Gasteiger partial charge in [0.15, 0.2) is 0 Å². The average Bonchev–Trinajstić information content (AvgIpc) is 2.70. The van der Waals surface area contributed by atoms with Crippen LogP contribution in [-0.2, 0) is 10.0 Å². The maximum Gasteiger partial charge on any atom is 0.263 e. The zero-order valence-corrected chi connectivity index (χ0v) is 17.6. The van der Waals surface area contributed by atoms with E-state index in [1.807, 2.05) is 19.1 Å². The summed E-state index contributed by atoms with van der Waals surface area (Å²) in [6, 6.07) is 15.4. The van der Waals surface area contributed by atoms with Crippen molar-refractivity contribution in [1.29, 1.82) is 0 Å². The Labute approximate surface area is 178 Å². The van der Waals surface area contributed by atoms with Gasteiger partial charge in [-0.2, -0.15) is 0 Å². The molecule has 1 amide bonds. The summed E-state index contributed by atoms with van der Waals surface area (Å²) in [6.07, 6.45) is 1.65. The van der Waals surface area contributed by atoms with Crippen LogP contribution in [0.3, 0.4) is 0 Å². The fourth-order valence-corrected chi connectivity index (χ4v) is 4.42. The molecule has 3 rings (SSSR count). The van der Waals surface area contributed by atoms with Gasteiger partial charge in [0, 0.05) is 22.5 Å². The molecule has 29 heavy (non-hydrogen) atoms. The van der Waals surface area contributed by atoms with Crippen molar-refractivity contribution < 1.29 is 13.2 Å². The van der Waals surface area contributed by atoms with Crippen LogP contribution in [0.5, 0.6) is 0 Å². The van der Waals surface area contributed by atoms with Gasteiger partial charge in [-0.05, 0) is 55.5 Å². The summed E-state index contributed by atoms with van der Waals surface area (Å²) in [5.41, 5.74) is 1.23. The Bertz CT molecular complexity index is 1140. The lowest BCUT2D eigenvalue weighted by Crippen LogP contribution is -2.27. The number of rotatable bonds is 6. The molecule has 0 radical (unpaired) electrons. The molecule has 0 aliphatic heterocycles. The van der Waals surface area contributed by atoms with Gasteiger partial charge in [-0.1, -0.05) is 35.3 Å². The second-order valence-electron chi connectivity index (χ2n) is 6.21. The maximum absolute atomic E-state index is 12.7. The number of halogens is 2. The molecule has 1 unspecified atom stereocenters. The molecule has 0 aliphatic carbocycles. The van der Waals surface area contributed by atoms with Crippen LogP contribution in [0.4, 0.5) is 5.69 Å². The van der Waals surface area contributed by atoms with Crippen molar-refractivity contribution in [3.8, 4) is 0 Å². The molecule has 0 spiro atoms. The van der Waals surface area contributed by atoms with E-state index >= 15 is 0 Å². The van der Waals surface area contributed by atoms with Crippen LogP contribution < -0.4 is 10.0 Å². The first-order valence-electron chi connectivity index (χ1n) is 8.56. The number of carbonyl (C=O) groups excluding carboxylic acids is 1. The summed E-state index contributed by atoms with van der Waals surface area (Å²) in [4.78, 5) is 16.6. The molecule has 0 aliphatic rings. The Morgan fingerprint density at radius 1 is 1.03 bits per heavy atom. The van der Waals surface area contributed by atoms with Crippen LogP contribution in [0.2, 0.25) is 10.0 Å². The highest BCUT2D eigenvalue weighted by Crippen LogP contribution is 2.27. The lowest BCUT2D eigenvalue weighted by molar-refractivity contribution is 0.0939. The average molecular weight is 450 g/mol. The third-order valence-electron chi connectivity index (χ3n) is 4.04. The van der Waals surface area contributed by atoms with E-state index in [1.54, 1.807) is 24.4 Å². The number of carbonyl (C=O) groups is 1. The SMILES string of the molecule is CC(NC(=O)c1cccc(NS(=O)(=O)c2cc(Cl)ccc2Cl)c1)c1ccccn1. The summed E-state index contributed by atoms with van der Waals surface area (Å²) in [6.45, 7) is 1.81. The van der Waals surface area contributed by atoms with Crippen molar-refractivity contribution in [3.63, 3.8) is 0 Å². The summed E-state index contributed by atoms with van der Waals surface area (Å²) in [7, 11) is -3.98. The second-order valence-corrected chi connectivity index (χ2v) is 8.71. The standard InChI is InChI=1S/C20H17Cl2N3O3S/c1-13(18-7-2-3-10-23-18)24-20(26)14-5-4-6-16(11-14)25-29(27,28)19-12-15(21)8-9-17(19)22/h2-13,25H,1H3,(H,24,26). The molecule has 3 aromatic rings. The minimum Gasteiger partial charge on any atom is -0.344 e. The van der Waals surface area contributed by atoms with Gasteiger partial charge in [0.1, 0.15) is 4.90 Å². The number of nitrogens with zero attached hydrogens (tertiary/aromatic N) is 1. The molecule has 1 atom stereocenters. The van der Waals surface area contributed by atoms with E-state index in [1.165, 1.54) is 30.3 Å². The highest BCUT2D eigenvalue weighted by Gasteiger charge is 2.19. The summed E-state index contributed by atoms with van der Waals surface area (Å²) >= 11 is 11.9. The number of anilines is 1. The number of aromatic nitrogens is 1. The van der Waals surface area contributed by atoms with Gasteiger partial charge in [0.25, 0.3) is 15.9 Å². The van der Waals surface area contributed by atoms with Crippen LogP contribution in [0.25, 0.3) is 0 Å². The predicted molar refractivity (Wildman–Crippen MR) is 114 cm³/mol. The molecule has 0 bridgehead atoms. The third-order valence-corrected chi connectivity index (χ3v) is 6.14. The number of benzene rings is 2. The van der Waals surface area contributed by atoms with Gasteiger partial charge in [-0.15, -0.1) is 0 Å². The van der Waals surface area contributed by atoms with Gasteiger partial charge >= 0.3 is 0 Å². The predicted octanol–water partition coefficient (Wildman–Crippen LogP) is 4.68. The van der Waals surface area contributed by atoms with Crippen LogP contribution in [0.1, 0.15) is 29.0 Å². The molecule has 0 saturated carbocycles. The Hall–Kier alpha value is -2.61. The van der Waals surface area contributed by atoms with Crippen molar-refractivity contribution in [2.75, 3.05) is 4.72 Å². The number of hydrogen-bond donors (Lipinski definition) is 2. The van der Waals surface area contributed by atoms with Gasteiger partial charge in [0.2, 0.25) is 0 Å². The molecule has 150 valence electrons. The minimum absolute atomic E-state index is 0.0417. The van der Waals surface area contributed by atoms with E-state index in [2.05, 4.69) is 15.0 Å². The van der Waals surface area contributed by atoms with Crippen molar-refractivity contribution in [2.45, 2.75) is 17.9 Å². The van der Waals surface area contributed by atoms with Gasteiger partial charge in [-0.25, -0.2) is 8.42 Å². The highest BCUT2D eigenvalue weighted by atomic mass is 35.5.